The third kappa shape index (κ3) is 13.8. The van der Waals surface area contributed by atoms with Crippen LogP contribution in [0.4, 0.5) is 17.6 Å². The monoisotopic (exact) mass is 952 g/mol. The van der Waals surface area contributed by atoms with Gasteiger partial charge in [-0.1, -0.05) is 17.7 Å². The van der Waals surface area contributed by atoms with Crippen molar-refractivity contribution in [1.82, 2.24) is 40.5 Å². The van der Waals surface area contributed by atoms with Crippen molar-refractivity contribution in [1.29, 1.82) is 0 Å². The van der Waals surface area contributed by atoms with Crippen molar-refractivity contribution in [2.75, 3.05) is 26.3 Å². The van der Waals surface area contributed by atoms with Crippen LogP contribution in [-0.2, 0) is 12.8 Å². The molecule has 0 spiro atoms. The summed E-state index contributed by atoms with van der Waals surface area (Å²) in [5, 5.41) is 24.7. The molecule has 0 aliphatic carbocycles. The summed E-state index contributed by atoms with van der Waals surface area (Å²) in [4.78, 5) is 48.2. The summed E-state index contributed by atoms with van der Waals surface area (Å²) < 4.78 is 63.0. The molecule has 4 aromatic heterocycles. The highest BCUT2D eigenvalue weighted by Gasteiger charge is 2.16. The minimum atomic E-state index is -1.76. The van der Waals surface area contributed by atoms with Gasteiger partial charge in [-0.3, -0.25) is 9.59 Å². The maximum Gasteiger partial charge on any atom is 0.488 e. The van der Waals surface area contributed by atoms with Crippen molar-refractivity contribution >= 4 is 57.8 Å². The zero-order valence-corrected chi connectivity index (χ0v) is 37.6. The average molecular weight is 953 g/mol. The number of nitrogens with one attached hydrogen (secondary N) is 4. The van der Waals surface area contributed by atoms with Crippen LogP contribution >= 0.6 is 11.6 Å². The molecule has 20 heteroatoms. The molecule has 0 saturated carbocycles. The molecule has 4 aromatic carbocycles. The van der Waals surface area contributed by atoms with Crippen molar-refractivity contribution in [2.24, 2.45) is 0 Å². The topological polar surface area (TPSA) is 200 Å². The minimum absolute atomic E-state index is 0.0658. The second-order valence-corrected chi connectivity index (χ2v) is 15.1. The Bertz CT molecular complexity index is 2950. The van der Waals surface area contributed by atoms with Crippen LogP contribution in [0.3, 0.4) is 0 Å². The Labute approximate surface area is 393 Å². The number of hydrogen-bond acceptors (Lipinski definition) is 10. The number of nitrogens with zero attached hydrogens (tertiary/aromatic N) is 4. The van der Waals surface area contributed by atoms with Crippen LogP contribution < -0.4 is 25.6 Å². The molecular weight excluding hydrogens is 907 g/mol. The van der Waals surface area contributed by atoms with Gasteiger partial charge < -0.3 is 40.1 Å². The third-order valence-corrected chi connectivity index (χ3v) is 10.1. The lowest BCUT2D eigenvalue weighted by molar-refractivity contribution is 0.0945. The molecule has 0 aliphatic rings. The Morgan fingerprint density at radius 1 is 0.647 bits per heavy atom. The van der Waals surface area contributed by atoms with E-state index in [1.54, 1.807) is 67.3 Å². The number of hydrogen-bond donors (Lipinski definition) is 6. The number of rotatable bonds is 16. The van der Waals surface area contributed by atoms with Crippen LogP contribution in [0.2, 0.25) is 5.15 Å². The number of halogens is 5. The largest absolute Gasteiger partial charge is 0.493 e. The minimum Gasteiger partial charge on any atom is -0.493 e. The fourth-order valence-corrected chi connectivity index (χ4v) is 6.85. The van der Waals surface area contributed by atoms with E-state index in [4.69, 9.17) is 31.1 Å². The van der Waals surface area contributed by atoms with Crippen LogP contribution in [0.15, 0.2) is 110 Å². The Hall–Kier alpha value is -7.35. The van der Waals surface area contributed by atoms with Gasteiger partial charge in [-0.05, 0) is 98.9 Å². The molecule has 6 N–H and O–H groups in total. The SMILES string of the molecule is CCOc1cc(-c2ccc(F)c(F)c2)nc2cc(C(=O)NCCCc3ncc[nH]3)ccc12.CCOc1cc(Cl)nc2cc(C(=O)NCCCc3ncc[nH]3)ccc12.OB(O)c1ccc(F)c(F)c1. The van der Waals surface area contributed by atoms with Crippen LogP contribution in [0.1, 0.15) is 59.1 Å². The fraction of sp³-hybridized carbons (Fsp3) is 0.208. The average Bonchev–Trinajstić information content (AvgIpc) is 4.06. The van der Waals surface area contributed by atoms with Gasteiger partial charge in [0.25, 0.3) is 11.8 Å². The van der Waals surface area contributed by atoms with Crippen LogP contribution in [0.25, 0.3) is 33.1 Å². The number of fused-ring (bicyclic) bond motifs is 2. The number of carbonyl (C=O) groups excluding carboxylic acids is 2. The summed E-state index contributed by atoms with van der Waals surface area (Å²) in [5.74, 6) is -1.30. The van der Waals surface area contributed by atoms with Gasteiger partial charge in [-0.2, -0.15) is 0 Å². The number of carbonyl (C=O) groups is 2. The van der Waals surface area contributed by atoms with Gasteiger partial charge in [0.1, 0.15) is 28.3 Å². The first-order valence-electron chi connectivity index (χ1n) is 21.4. The smallest absolute Gasteiger partial charge is 0.488 e. The van der Waals surface area contributed by atoms with E-state index in [2.05, 4.69) is 40.5 Å². The maximum atomic E-state index is 13.7. The number of pyridine rings is 2. The highest BCUT2D eigenvalue weighted by atomic mass is 35.5. The van der Waals surface area contributed by atoms with E-state index in [1.807, 2.05) is 19.9 Å². The van der Waals surface area contributed by atoms with Crippen molar-refractivity contribution in [3.63, 3.8) is 0 Å². The van der Waals surface area contributed by atoms with Crippen molar-refractivity contribution in [3.8, 4) is 22.8 Å². The Kier molecular flexibility index (Phi) is 18.0. The maximum absolute atomic E-state index is 13.7. The molecule has 2 amide bonds. The standard InChI is InChI=1S/C24H22F2N4O2.C18H19ClN4O2.C6H5BF2O2/c1-2-32-22-14-20(15-6-8-18(25)19(26)12-15)30-21-13-16(5-7-17(21)22)24(31)29-9-3-4-23-27-10-11-28-23;1-2-25-15-11-16(19)23-14-10-12(5-6-13(14)15)18(24)22-7-3-4-17-20-8-9-21-17;8-5-2-1-4(7(10)11)3-6(5)9/h5-8,10-14H,2-4,9H2,1H3,(H,27,28)(H,29,31);5-6,8-11H,2-4,7H2,1H3,(H,20,21)(H,22,24);1-3,10-11H. The van der Waals surface area contributed by atoms with Gasteiger partial charge in [-0.15, -0.1) is 0 Å². The number of aromatic amines is 2. The number of amides is 2. The Balaban J connectivity index is 0.000000187. The number of H-pyrrole nitrogens is 2. The molecule has 8 rings (SSSR count). The summed E-state index contributed by atoms with van der Waals surface area (Å²) in [6.07, 6.45) is 10.1. The van der Waals surface area contributed by atoms with E-state index in [-0.39, 0.29) is 17.3 Å². The number of ether oxygens (including phenoxy) is 2. The predicted molar refractivity (Wildman–Crippen MR) is 251 cm³/mol. The van der Waals surface area contributed by atoms with Crippen LogP contribution in [0, 0.1) is 23.3 Å². The molecule has 0 atom stereocenters. The van der Waals surface area contributed by atoms with E-state index in [0.717, 1.165) is 78.4 Å². The molecule has 4 heterocycles. The molecule has 352 valence electrons. The molecule has 0 bridgehead atoms. The van der Waals surface area contributed by atoms with Crippen molar-refractivity contribution in [2.45, 2.75) is 39.5 Å². The van der Waals surface area contributed by atoms with Crippen LogP contribution in [0.5, 0.6) is 11.5 Å². The van der Waals surface area contributed by atoms with Gasteiger partial charge in [0.15, 0.2) is 23.3 Å². The number of benzene rings is 4. The third-order valence-electron chi connectivity index (χ3n) is 9.96. The van der Waals surface area contributed by atoms with E-state index in [1.165, 1.54) is 6.07 Å². The number of imidazole rings is 2. The molecule has 14 nitrogen and oxygen atoms in total. The quantitative estimate of drug-likeness (QED) is 0.0242. The molecule has 0 unspecified atom stereocenters. The van der Waals surface area contributed by atoms with Crippen molar-refractivity contribution < 1.29 is 46.7 Å². The van der Waals surface area contributed by atoms with Crippen LogP contribution in [-0.4, -0.2) is 85.2 Å². The first-order valence-corrected chi connectivity index (χ1v) is 21.8. The molecule has 68 heavy (non-hydrogen) atoms. The second-order valence-electron chi connectivity index (χ2n) is 14.7. The zero-order valence-electron chi connectivity index (χ0n) is 36.8. The lowest BCUT2D eigenvalue weighted by Gasteiger charge is -2.12. The molecule has 0 aliphatic heterocycles. The fourth-order valence-electron chi connectivity index (χ4n) is 6.66. The predicted octanol–water partition coefficient (Wildman–Crippen LogP) is 7.68. The molecule has 8 aromatic rings. The number of aromatic nitrogens is 6. The molecule has 0 fully saturated rings. The molecule has 0 radical (unpaired) electrons. The Morgan fingerprint density at radius 3 is 1.65 bits per heavy atom. The van der Waals surface area contributed by atoms with E-state index in [0.29, 0.717) is 76.4 Å². The Morgan fingerprint density at radius 2 is 1.16 bits per heavy atom. The second kappa shape index (κ2) is 24.4. The normalized spacial score (nSPS) is 10.7. The summed E-state index contributed by atoms with van der Waals surface area (Å²) in [6, 6.07) is 20.1. The summed E-state index contributed by atoms with van der Waals surface area (Å²) >= 11 is 6.04. The first-order chi connectivity index (χ1) is 32.8. The van der Waals surface area contributed by atoms with Gasteiger partial charge in [-0.25, -0.2) is 37.5 Å². The van der Waals surface area contributed by atoms with Gasteiger partial charge >= 0.3 is 7.12 Å². The summed E-state index contributed by atoms with van der Waals surface area (Å²) in [7, 11) is -1.76. The van der Waals surface area contributed by atoms with E-state index < -0.39 is 30.4 Å². The van der Waals surface area contributed by atoms with E-state index >= 15 is 0 Å². The summed E-state index contributed by atoms with van der Waals surface area (Å²) in [6.45, 7) is 5.80. The molecule has 0 saturated heterocycles. The lowest BCUT2D eigenvalue weighted by Crippen LogP contribution is -2.30. The lowest BCUT2D eigenvalue weighted by atomic mass is 9.80. The number of aryl methyl sites for hydroxylation is 2. The van der Waals surface area contributed by atoms with E-state index in [9.17, 15) is 27.2 Å². The van der Waals surface area contributed by atoms with Gasteiger partial charge in [0, 0.05) is 90.3 Å². The summed E-state index contributed by atoms with van der Waals surface area (Å²) in [5.41, 5.74) is 2.94. The van der Waals surface area contributed by atoms with Crippen molar-refractivity contribution in [3.05, 3.63) is 161 Å². The van der Waals surface area contributed by atoms with Gasteiger partial charge in [0.05, 0.1) is 29.9 Å². The highest BCUT2D eigenvalue weighted by molar-refractivity contribution is 6.58. The molecular formula is C48H46BClF4N8O6. The van der Waals surface area contributed by atoms with Gasteiger partial charge in [0.2, 0.25) is 0 Å². The first kappa shape index (κ1) is 50.1. The zero-order chi connectivity index (χ0) is 48.6. The highest BCUT2D eigenvalue weighted by Crippen LogP contribution is 2.32.